The van der Waals surface area contributed by atoms with Crippen LogP contribution < -0.4 is 5.32 Å². The Morgan fingerprint density at radius 3 is 1.49 bits per heavy atom. The predicted molar refractivity (Wildman–Crippen MR) is 253 cm³/mol. The van der Waals surface area contributed by atoms with E-state index in [2.05, 4.69) is 104 Å². The Hall–Kier alpha value is -2.58. The molecule has 59 heavy (non-hydrogen) atoms. The first-order valence-corrected chi connectivity index (χ1v) is 24.6. The quantitative estimate of drug-likeness (QED) is 0.0246. The third kappa shape index (κ3) is 43.3. The number of aliphatic hydroxyl groups is 1. The zero-order valence-corrected chi connectivity index (χ0v) is 39.1. The van der Waals surface area contributed by atoms with Gasteiger partial charge in [0.15, 0.2) is 0 Å². The second-order valence-corrected chi connectivity index (χ2v) is 17.8. The normalized spacial score (nSPS) is 15.2. The summed E-state index contributed by atoms with van der Waals surface area (Å²) in [5.41, 5.74) is 0. The van der Waals surface area contributed by atoms with Gasteiger partial charge in [-0.15, -0.1) is 0 Å². The second-order valence-electron chi connectivity index (χ2n) is 16.3. The first-order valence-electron chi connectivity index (χ1n) is 23.1. The van der Waals surface area contributed by atoms with Crippen molar-refractivity contribution in [2.75, 3.05) is 40.9 Å². The molecular weight excluding hydrogens is 756 g/mol. The van der Waals surface area contributed by atoms with Crippen molar-refractivity contribution < 1.29 is 32.9 Å². The zero-order valence-electron chi connectivity index (χ0n) is 38.2. The molecule has 338 valence electrons. The van der Waals surface area contributed by atoms with Gasteiger partial charge in [0.1, 0.15) is 13.2 Å². The molecule has 0 saturated carbocycles. The van der Waals surface area contributed by atoms with Crippen LogP contribution in [0.3, 0.4) is 0 Å². The number of hydrogen-bond donors (Lipinski definition) is 3. The molecule has 0 rings (SSSR count). The molecule has 0 aromatic rings. The van der Waals surface area contributed by atoms with Crippen molar-refractivity contribution in [3.8, 4) is 0 Å². The maximum atomic E-state index is 12.9. The molecule has 0 aromatic heterocycles. The third-order valence-electron chi connectivity index (χ3n) is 9.53. The minimum atomic E-state index is -4.35. The molecule has 0 fully saturated rings. The van der Waals surface area contributed by atoms with E-state index in [1.807, 2.05) is 27.2 Å². The molecule has 3 atom stereocenters. The highest BCUT2D eigenvalue weighted by Crippen LogP contribution is 2.43. The Balaban J connectivity index is 4.23. The number of likely N-dealkylation sites (N-methyl/N-ethyl adjacent to an activating group) is 1. The van der Waals surface area contributed by atoms with Gasteiger partial charge in [-0.05, 0) is 83.5 Å². The molecule has 0 aliphatic heterocycles. The van der Waals surface area contributed by atoms with Crippen LogP contribution in [0.25, 0.3) is 0 Å². The van der Waals surface area contributed by atoms with Gasteiger partial charge in [0.2, 0.25) is 5.91 Å². The number of unbranched alkanes of at least 4 members (excludes halogenated alkanes) is 13. The second kappa shape index (κ2) is 40.8. The van der Waals surface area contributed by atoms with Crippen molar-refractivity contribution in [2.24, 2.45) is 0 Å². The molecule has 9 heteroatoms. The molecule has 3 unspecified atom stereocenters. The Labute approximate surface area is 362 Å². The topological polar surface area (TPSA) is 105 Å². The lowest BCUT2D eigenvalue weighted by Gasteiger charge is -2.25. The van der Waals surface area contributed by atoms with Crippen LogP contribution in [0.4, 0.5) is 0 Å². The molecule has 8 nitrogen and oxygen atoms in total. The average molecular weight is 844 g/mol. The number of phosphoric ester groups is 1. The molecule has 0 heterocycles. The van der Waals surface area contributed by atoms with E-state index in [1.54, 1.807) is 6.08 Å². The number of hydrogen-bond acceptors (Lipinski definition) is 5. The Kier molecular flexibility index (Phi) is 39.0. The summed E-state index contributed by atoms with van der Waals surface area (Å²) in [6.07, 6.45) is 57.9. The summed E-state index contributed by atoms with van der Waals surface area (Å²) in [4.78, 5) is 23.1. The number of carbonyl (C=O) groups is 1. The van der Waals surface area contributed by atoms with Crippen LogP contribution in [0.1, 0.15) is 162 Å². The van der Waals surface area contributed by atoms with E-state index in [1.165, 1.54) is 57.8 Å². The van der Waals surface area contributed by atoms with Gasteiger partial charge < -0.3 is 19.8 Å². The summed E-state index contributed by atoms with van der Waals surface area (Å²) in [6, 6.07) is -0.875. The number of amides is 1. The van der Waals surface area contributed by atoms with Crippen molar-refractivity contribution >= 4 is 13.7 Å². The minimum absolute atomic E-state index is 0.0478. The summed E-state index contributed by atoms with van der Waals surface area (Å²) in [7, 11) is 1.52. The van der Waals surface area contributed by atoms with Crippen LogP contribution in [-0.2, 0) is 18.4 Å². The van der Waals surface area contributed by atoms with E-state index in [0.717, 1.165) is 83.5 Å². The van der Waals surface area contributed by atoms with Crippen LogP contribution in [0, 0.1) is 0 Å². The van der Waals surface area contributed by atoms with Crippen molar-refractivity contribution in [1.82, 2.24) is 5.32 Å². The monoisotopic (exact) mass is 844 g/mol. The molecule has 3 N–H and O–H groups in total. The molecule has 0 bridgehead atoms. The molecule has 1 amide bonds. The van der Waals surface area contributed by atoms with E-state index in [4.69, 9.17) is 9.05 Å². The van der Waals surface area contributed by atoms with Crippen molar-refractivity contribution in [3.63, 3.8) is 0 Å². The van der Waals surface area contributed by atoms with Crippen molar-refractivity contribution in [1.29, 1.82) is 0 Å². The highest BCUT2D eigenvalue weighted by molar-refractivity contribution is 7.47. The number of carbonyl (C=O) groups excluding carboxylic acids is 1. The number of nitrogens with zero attached hydrogens (tertiary/aromatic N) is 1. The lowest BCUT2D eigenvalue weighted by molar-refractivity contribution is -0.870. The van der Waals surface area contributed by atoms with Gasteiger partial charge >= 0.3 is 7.82 Å². The van der Waals surface area contributed by atoms with Gasteiger partial charge in [0.25, 0.3) is 0 Å². The molecule has 0 spiro atoms. The zero-order chi connectivity index (χ0) is 43.6. The Morgan fingerprint density at radius 1 is 0.576 bits per heavy atom. The fourth-order valence-electron chi connectivity index (χ4n) is 5.93. The van der Waals surface area contributed by atoms with Crippen LogP contribution in [0.2, 0.25) is 0 Å². The van der Waals surface area contributed by atoms with Gasteiger partial charge in [0, 0.05) is 6.42 Å². The smallest absolute Gasteiger partial charge is 0.387 e. The maximum Gasteiger partial charge on any atom is 0.472 e. The van der Waals surface area contributed by atoms with E-state index >= 15 is 0 Å². The van der Waals surface area contributed by atoms with Crippen LogP contribution in [0.15, 0.2) is 97.2 Å². The van der Waals surface area contributed by atoms with Crippen LogP contribution >= 0.6 is 7.82 Å². The number of quaternary nitrogens is 1. The summed E-state index contributed by atoms with van der Waals surface area (Å²) < 4.78 is 23.5. The van der Waals surface area contributed by atoms with E-state index in [0.29, 0.717) is 17.4 Å². The number of allylic oxidation sites excluding steroid dienone is 15. The Morgan fingerprint density at radius 2 is 0.983 bits per heavy atom. The largest absolute Gasteiger partial charge is 0.472 e. The minimum Gasteiger partial charge on any atom is -0.387 e. The summed E-state index contributed by atoms with van der Waals surface area (Å²) in [6.45, 7) is 4.52. The Bertz CT molecular complexity index is 1280. The number of phosphoric acid groups is 1. The van der Waals surface area contributed by atoms with Gasteiger partial charge in [-0.25, -0.2) is 4.57 Å². The number of rotatable bonds is 40. The van der Waals surface area contributed by atoms with Gasteiger partial charge in [-0.2, -0.15) is 0 Å². The van der Waals surface area contributed by atoms with Gasteiger partial charge in [-0.1, -0.05) is 169 Å². The highest BCUT2D eigenvalue weighted by Gasteiger charge is 2.27. The fraction of sp³-hybridized carbons (Fsp3) is 0.660. The predicted octanol–water partition coefficient (Wildman–Crippen LogP) is 13.1. The first kappa shape index (κ1) is 56.4. The molecule has 0 aliphatic rings. The average Bonchev–Trinajstić information content (AvgIpc) is 3.19. The van der Waals surface area contributed by atoms with Gasteiger partial charge in [-0.3, -0.25) is 13.8 Å². The lowest BCUT2D eigenvalue weighted by atomic mass is 10.0. The standard InChI is InChI=1S/C50H87N2O6P/c1-6-8-10-12-14-16-18-19-20-21-22-23-24-25-26-27-28-29-30-31-32-33-34-36-38-40-42-44-50(54)51-48(47-58-59(55,56)57-46-45-52(3,4)5)49(53)43-41-39-37-35-17-15-13-11-9-7-2/h8-11,14,16-17,19-20,22-23,25-26,35,41,43,48-49,53H,6-7,12-13,15,18,21,24,27-34,36-40,42,44-47H2,1-5H3,(H-,51,54,55,56)/p+1/b10-8-,11-9+,16-14-,20-19-,23-22-,26-25-,35-17+,43-41+. The molecule has 0 aromatic carbocycles. The summed E-state index contributed by atoms with van der Waals surface area (Å²) in [5, 5.41) is 13.7. The van der Waals surface area contributed by atoms with Crippen LogP contribution in [0.5, 0.6) is 0 Å². The first-order chi connectivity index (χ1) is 28.5. The van der Waals surface area contributed by atoms with Crippen molar-refractivity contribution in [2.45, 2.75) is 174 Å². The molecule has 0 saturated heterocycles. The maximum absolute atomic E-state index is 12.9. The summed E-state index contributed by atoms with van der Waals surface area (Å²) >= 11 is 0. The SMILES string of the molecule is CC/C=C\C/C=C\C/C=C\C/C=C\C/C=C\CCCCCCCCCCCCCC(=O)NC(COP(=O)(O)OCC[N+](C)(C)C)C(O)/C=C/CC/C=C/CC/C=C/CC. The third-order valence-corrected chi connectivity index (χ3v) is 10.5. The lowest BCUT2D eigenvalue weighted by Crippen LogP contribution is -2.45. The molecule has 0 radical (unpaired) electrons. The van der Waals surface area contributed by atoms with Crippen LogP contribution in [-0.4, -0.2) is 73.4 Å². The molecular formula is C50H88N2O6P+. The number of aliphatic hydroxyl groups excluding tert-OH is 1. The molecule has 0 aliphatic carbocycles. The van der Waals surface area contributed by atoms with E-state index in [9.17, 15) is 19.4 Å². The van der Waals surface area contributed by atoms with Crippen molar-refractivity contribution in [3.05, 3.63) is 97.2 Å². The summed E-state index contributed by atoms with van der Waals surface area (Å²) in [5.74, 6) is -0.203. The van der Waals surface area contributed by atoms with Gasteiger partial charge in [0.05, 0.1) is 39.9 Å². The highest BCUT2D eigenvalue weighted by atomic mass is 31.2. The fourth-order valence-corrected chi connectivity index (χ4v) is 6.66. The van der Waals surface area contributed by atoms with E-state index < -0.39 is 20.0 Å². The van der Waals surface area contributed by atoms with E-state index in [-0.39, 0.29) is 19.1 Å². The number of nitrogens with one attached hydrogen (secondary N) is 1.